The molecule has 0 bridgehead atoms. The van der Waals surface area contributed by atoms with Crippen molar-refractivity contribution in [3.63, 3.8) is 0 Å². The van der Waals surface area contributed by atoms with Crippen molar-refractivity contribution in [2.75, 3.05) is 33.7 Å². The van der Waals surface area contributed by atoms with Crippen LogP contribution in [0.5, 0.6) is 0 Å². The molecular weight excluding hydrogens is 890 g/mol. The molecule has 0 unspecified atom stereocenters. The summed E-state index contributed by atoms with van der Waals surface area (Å²) in [4.78, 5) is 40.3. The number of carbonyl (C=O) groups is 2. The van der Waals surface area contributed by atoms with E-state index in [1.807, 2.05) is 0 Å². The molecule has 2 saturated heterocycles. The number of nitrogens with two attached hydrogens (primary N) is 1. The zero-order valence-corrected chi connectivity index (χ0v) is 37.4. The quantitative estimate of drug-likeness (QED) is 0.0803. The highest BCUT2D eigenvalue weighted by Gasteiger charge is 2.51. The lowest BCUT2D eigenvalue weighted by molar-refractivity contribution is -0.121. The zero-order chi connectivity index (χ0) is 44.7. The normalized spacial score (nSPS) is 16.2. The van der Waals surface area contributed by atoms with E-state index in [1.54, 1.807) is 81.9 Å². The van der Waals surface area contributed by atoms with Crippen LogP contribution < -0.4 is 24.7 Å². The maximum Gasteiger partial charge on any atom is 0.283 e. The van der Waals surface area contributed by atoms with Crippen LogP contribution in [-0.4, -0.2) is 75.3 Å². The van der Waals surface area contributed by atoms with Gasteiger partial charge in [0, 0.05) is 35.5 Å². The Morgan fingerprint density at radius 1 is 0.683 bits per heavy atom. The average Bonchev–Trinajstić information content (AvgIpc) is 3.47. The Morgan fingerprint density at radius 2 is 1.08 bits per heavy atom. The summed E-state index contributed by atoms with van der Waals surface area (Å²) in [7, 11) is -4.53. The summed E-state index contributed by atoms with van der Waals surface area (Å²) in [5, 5.41) is 5.96. The van der Waals surface area contributed by atoms with Gasteiger partial charge >= 0.3 is 0 Å². The first kappa shape index (κ1) is 45.6. The number of nitrogens with zero attached hydrogens (tertiary/aromatic N) is 8. The molecule has 2 fully saturated rings. The third-order valence-electron chi connectivity index (χ3n) is 9.15. The van der Waals surface area contributed by atoms with Gasteiger partial charge in [0.25, 0.3) is 21.8 Å². The van der Waals surface area contributed by atoms with E-state index in [0.29, 0.717) is 22.7 Å². The summed E-state index contributed by atoms with van der Waals surface area (Å²) in [5.74, 6) is -0.627. The average molecular weight is 925 g/mol. The Morgan fingerprint density at radius 3 is 1.45 bits per heavy atom. The number of hydrogen-bond donors (Lipinski definition) is 1. The fraction of sp³-hybridized carbons (Fsp3) is 0.205. The molecule has 0 radical (unpaired) electrons. The standard InChI is InChI=1S/C21H20ClN5O3S2.C18H15ClN4O3S2/c1-21(2)19(28)26(14-9-10-18(23-3)17(22)12-14)20(31)27(21)15-7-6-8-16(11-15)32(29,30)24-13-25(4)5;1-18(2)16(24)22(11-7-8-15(21-3)14(19)10-11)17(27)23(18)12-5-4-6-13(9-12)28(20,25)26/h6-13H,1-2,4-5H3;4-10H,1-2H3,(H2,20,25,26). The summed E-state index contributed by atoms with van der Waals surface area (Å²) in [5.41, 5.74) is 0.0383. The highest BCUT2D eigenvalue weighted by atomic mass is 35.5. The highest BCUT2D eigenvalue weighted by molar-refractivity contribution is 7.90. The smallest absolute Gasteiger partial charge is 0.283 e. The van der Waals surface area contributed by atoms with Gasteiger partial charge in [-0.2, -0.15) is 8.42 Å². The Kier molecular flexibility index (Phi) is 12.8. The molecule has 2 amide bonds. The lowest BCUT2D eigenvalue weighted by Gasteiger charge is -2.29. The molecule has 2 aliphatic heterocycles. The molecule has 4 aromatic carbocycles. The SMILES string of the molecule is [C-]#[N+]c1ccc(N2C(=O)C(C)(C)N(c3cccc(S(=O)(=O)N=CN(C)C)c3)C2=S)cc1Cl.[C-]#[N+]c1ccc(N2C(=O)C(C)(C)N(c3cccc(S(N)(=O)=O)c3)C2=S)cc1Cl. The summed E-state index contributed by atoms with van der Waals surface area (Å²) in [6.45, 7) is 21.0. The predicted octanol–water partition coefficient (Wildman–Crippen LogP) is 7.54. The minimum Gasteiger partial charge on any atom is -0.368 e. The number of anilines is 4. The van der Waals surface area contributed by atoms with Crippen LogP contribution in [0.1, 0.15) is 27.7 Å². The minimum atomic E-state index is -3.94. The molecule has 0 spiro atoms. The van der Waals surface area contributed by atoms with Crippen molar-refractivity contribution in [3.05, 3.63) is 118 Å². The summed E-state index contributed by atoms with van der Waals surface area (Å²) < 4.78 is 52.3. The molecule has 2 aliphatic rings. The molecule has 4 aromatic rings. The van der Waals surface area contributed by atoms with E-state index < -0.39 is 31.1 Å². The Hall–Kier alpha value is -5.51. The second-order valence-corrected chi connectivity index (χ2v) is 19.1. The lowest BCUT2D eigenvalue weighted by atomic mass is 10.0. The Labute approximate surface area is 368 Å². The summed E-state index contributed by atoms with van der Waals surface area (Å²) >= 11 is 23.4. The number of sulfonamides is 2. The van der Waals surface area contributed by atoms with Crippen LogP contribution in [0.4, 0.5) is 34.1 Å². The van der Waals surface area contributed by atoms with Crippen molar-refractivity contribution in [1.29, 1.82) is 0 Å². The molecule has 2 N–H and O–H groups in total. The first-order valence-corrected chi connectivity index (χ1v) is 21.9. The third-order valence-corrected chi connectivity index (χ3v) is 12.6. The molecule has 6 rings (SSSR count). The molecule has 0 saturated carbocycles. The number of benzene rings is 4. The van der Waals surface area contributed by atoms with Gasteiger partial charge < -0.3 is 14.7 Å². The molecule has 0 aliphatic carbocycles. The van der Waals surface area contributed by atoms with E-state index in [0.717, 1.165) is 0 Å². The van der Waals surface area contributed by atoms with E-state index in [-0.39, 0.29) is 53.3 Å². The van der Waals surface area contributed by atoms with Crippen molar-refractivity contribution in [3.8, 4) is 0 Å². The largest absolute Gasteiger partial charge is 0.368 e. The summed E-state index contributed by atoms with van der Waals surface area (Å²) in [6, 6.07) is 21.3. The van der Waals surface area contributed by atoms with Crippen molar-refractivity contribution in [1.82, 2.24) is 4.90 Å². The van der Waals surface area contributed by atoms with E-state index in [2.05, 4.69) is 14.1 Å². The van der Waals surface area contributed by atoms with Gasteiger partial charge in [0.15, 0.2) is 10.2 Å². The number of thiocarbonyl (C=S) groups is 2. The Balaban J connectivity index is 0.000000230. The van der Waals surface area contributed by atoms with Crippen LogP contribution in [0, 0.1) is 13.1 Å². The van der Waals surface area contributed by atoms with Gasteiger partial charge in [-0.3, -0.25) is 19.4 Å². The Bertz CT molecular complexity index is 2820. The zero-order valence-electron chi connectivity index (χ0n) is 32.7. The van der Waals surface area contributed by atoms with Crippen LogP contribution in [0.15, 0.2) is 99.1 Å². The van der Waals surface area contributed by atoms with E-state index in [1.165, 1.54) is 75.6 Å². The van der Waals surface area contributed by atoms with Gasteiger partial charge in [-0.05, 0) is 113 Å². The van der Waals surface area contributed by atoms with Crippen LogP contribution in [0.2, 0.25) is 10.0 Å². The maximum atomic E-state index is 13.3. The number of amides is 2. The first-order valence-electron chi connectivity index (χ1n) is 17.3. The molecule has 15 nitrogen and oxygen atoms in total. The van der Waals surface area contributed by atoms with Crippen LogP contribution >= 0.6 is 47.6 Å². The van der Waals surface area contributed by atoms with E-state index in [4.69, 9.17) is 65.9 Å². The number of primary sulfonamides is 1. The first-order chi connectivity index (χ1) is 27.9. The lowest BCUT2D eigenvalue weighted by Crippen LogP contribution is -2.44. The van der Waals surface area contributed by atoms with Crippen LogP contribution in [-0.2, 0) is 29.6 Å². The van der Waals surface area contributed by atoms with Crippen molar-refractivity contribution >= 4 is 130 Å². The maximum absolute atomic E-state index is 13.3. The molecule has 310 valence electrons. The molecule has 21 heteroatoms. The summed E-state index contributed by atoms with van der Waals surface area (Å²) in [6.07, 6.45) is 1.20. The van der Waals surface area contributed by atoms with E-state index in [9.17, 15) is 26.4 Å². The topological polar surface area (TPSA) is 166 Å². The fourth-order valence-electron chi connectivity index (χ4n) is 6.16. The van der Waals surface area contributed by atoms with Crippen molar-refractivity contribution in [2.45, 2.75) is 48.6 Å². The van der Waals surface area contributed by atoms with Crippen molar-refractivity contribution < 1.29 is 26.4 Å². The molecule has 0 atom stereocenters. The molecule has 60 heavy (non-hydrogen) atoms. The van der Waals surface area contributed by atoms with Gasteiger partial charge in [0.2, 0.25) is 21.4 Å². The van der Waals surface area contributed by atoms with Crippen LogP contribution in [0.25, 0.3) is 9.69 Å². The number of hydrogen-bond acceptors (Lipinski definition) is 8. The van der Waals surface area contributed by atoms with Gasteiger partial charge in [-0.25, -0.2) is 23.2 Å². The molecular formula is C39H35Cl2N9O6S4. The second kappa shape index (κ2) is 16.9. The monoisotopic (exact) mass is 923 g/mol. The number of carbonyl (C=O) groups excluding carboxylic acids is 2. The van der Waals surface area contributed by atoms with Crippen molar-refractivity contribution in [2.24, 2.45) is 9.54 Å². The van der Waals surface area contributed by atoms with Crippen LogP contribution in [0.3, 0.4) is 0 Å². The number of rotatable bonds is 8. The third kappa shape index (κ3) is 8.70. The predicted molar refractivity (Wildman–Crippen MR) is 242 cm³/mol. The van der Waals surface area contributed by atoms with Gasteiger partial charge in [0.05, 0.1) is 34.3 Å². The second-order valence-electron chi connectivity index (χ2n) is 14.3. The molecule has 0 aromatic heterocycles. The minimum absolute atomic E-state index is 0.0259. The van der Waals surface area contributed by atoms with Gasteiger partial charge in [-0.15, -0.1) is 4.40 Å². The van der Waals surface area contributed by atoms with Gasteiger partial charge in [0.1, 0.15) is 17.4 Å². The molecule has 2 heterocycles. The van der Waals surface area contributed by atoms with Gasteiger partial charge in [-0.1, -0.05) is 47.5 Å². The highest BCUT2D eigenvalue weighted by Crippen LogP contribution is 2.41. The fourth-order valence-corrected chi connectivity index (χ4v) is 9.15. The van der Waals surface area contributed by atoms with E-state index >= 15 is 0 Å². The number of halogens is 2.